The molecule has 13 heavy (non-hydrogen) atoms. The van der Waals surface area contributed by atoms with Crippen LogP contribution in [0, 0.1) is 0 Å². The smallest absolute Gasteiger partial charge is 0.212 e. The maximum absolute atomic E-state index is 11.0. The highest BCUT2D eigenvalue weighted by atomic mass is 32.2. The average Bonchev–Trinajstić information content (AvgIpc) is 2.57. The van der Waals surface area contributed by atoms with Crippen molar-refractivity contribution < 1.29 is 13.2 Å². The Bertz CT molecular complexity index is 234. The zero-order valence-electron chi connectivity index (χ0n) is 7.75. The summed E-state index contributed by atoms with van der Waals surface area (Å²) in [6, 6.07) is 0.326. The van der Waals surface area contributed by atoms with E-state index in [9.17, 15) is 8.42 Å². The molecule has 1 atom stereocenters. The summed E-state index contributed by atoms with van der Waals surface area (Å²) in [7, 11) is -1.64. The summed E-state index contributed by atoms with van der Waals surface area (Å²) >= 11 is 0. The topological polar surface area (TPSA) is 67.4 Å². The van der Waals surface area contributed by atoms with E-state index < -0.39 is 10.0 Å². The van der Waals surface area contributed by atoms with Gasteiger partial charge in [0.25, 0.3) is 0 Å². The van der Waals surface area contributed by atoms with Gasteiger partial charge in [-0.25, -0.2) is 13.1 Å². The Balaban J connectivity index is 2.13. The van der Waals surface area contributed by atoms with Gasteiger partial charge in [-0.3, -0.25) is 0 Å². The minimum Gasteiger partial charge on any atom is -0.380 e. The molecule has 1 rings (SSSR count). The van der Waals surface area contributed by atoms with E-state index in [1.807, 2.05) is 0 Å². The zero-order valence-corrected chi connectivity index (χ0v) is 8.56. The fourth-order valence-corrected chi connectivity index (χ4v) is 1.79. The van der Waals surface area contributed by atoms with E-state index in [-0.39, 0.29) is 5.75 Å². The Hall–Kier alpha value is -0.170. The molecule has 1 aliphatic rings. The molecule has 1 fully saturated rings. The lowest BCUT2D eigenvalue weighted by Gasteiger charge is -2.09. The predicted octanol–water partition coefficient (Wildman–Crippen LogP) is -1.09. The average molecular weight is 208 g/mol. The van der Waals surface area contributed by atoms with E-state index in [0.29, 0.717) is 19.2 Å². The van der Waals surface area contributed by atoms with Gasteiger partial charge in [0.05, 0.1) is 12.4 Å². The van der Waals surface area contributed by atoms with Gasteiger partial charge in [0.15, 0.2) is 0 Å². The highest BCUT2D eigenvalue weighted by molar-refractivity contribution is 7.89. The molecule has 0 amide bonds. The van der Waals surface area contributed by atoms with E-state index in [0.717, 1.165) is 13.0 Å². The maximum atomic E-state index is 11.0. The molecule has 0 aromatic rings. The van der Waals surface area contributed by atoms with E-state index >= 15 is 0 Å². The summed E-state index contributed by atoms with van der Waals surface area (Å²) in [5.41, 5.74) is 0. The van der Waals surface area contributed by atoms with Gasteiger partial charge in [0.1, 0.15) is 0 Å². The van der Waals surface area contributed by atoms with Crippen LogP contribution in [0.1, 0.15) is 6.42 Å². The first-order valence-corrected chi connectivity index (χ1v) is 6.01. The molecule has 0 aliphatic carbocycles. The molecular formula is C7H16N2O3S. The minimum absolute atomic E-state index is 0.125. The standard InChI is InChI=1S/C7H16N2O3S/c1-8-13(10,11)5-3-9-7-2-4-12-6-7/h7-9H,2-6H2,1H3. The van der Waals surface area contributed by atoms with Crippen molar-refractivity contribution in [3.8, 4) is 0 Å². The minimum atomic E-state index is -3.06. The Kier molecular flexibility index (Phi) is 4.11. The van der Waals surface area contributed by atoms with E-state index in [2.05, 4.69) is 10.0 Å². The highest BCUT2D eigenvalue weighted by Crippen LogP contribution is 2.02. The molecule has 0 spiro atoms. The van der Waals surface area contributed by atoms with Crippen LogP contribution in [0.3, 0.4) is 0 Å². The third kappa shape index (κ3) is 4.04. The van der Waals surface area contributed by atoms with Crippen molar-refractivity contribution in [3.63, 3.8) is 0 Å². The van der Waals surface area contributed by atoms with Gasteiger partial charge >= 0.3 is 0 Å². The van der Waals surface area contributed by atoms with Crippen molar-refractivity contribution in [3.05, 3.63) is 0 Å². The number of rotatable bonds is 5. The van der Waals surface area contributed by atoms with Crippen LogP contribution < -0.4 is 10.0 Å². The molecule has 0 saturated carbocycles. The second-order valence-electron chi connectivity index (χ2n) is 3.04. The second-order valence-corrected chi connectivity index (χ2v) is 5.08. The molecule has 1 unspecified atom stereocenters. The van der Waals surface area contributed by atoms with Gasteiger partial charge in [0, 0.05) is 19.2 Å². The molecule has 1 aliphatic heterocycles. The van der Waals surface area contributed by atoms with Crippen molar-refractivity contribution in [2.45, 2.75) is 12.5 Å². The fraction of sp³-hybridized carbons (Fsp3) is 1.00. The van der Waals surface area contributed by atoms with Crippen molar-refractivity contribution in [1.82, 2.24) is 10.0 Å². The van der Waals surface area contributed by atoms with Crippen LogP contribution in [-0.2, 0) is 14.8 Å². The molecule has 0 radical (unpaired) electrons. The van der Waals surface area contributed by atoms with Crippen LogP contribution in [0.4, 0.5) is 0 Å². The molecule has 78 valence electrons. The maximum Gasteiger partial charge on any atom is 0.212 e. The normalized spacial score (nSPS) is 23.6. The van der Waals surface area contributed by atoms with E-state index in [1.54, 1.807) is 0 Å². The summed E-state index contributed by atoms with van der Waals surface area (Å²) in [4.78, 5) is 0. The van der Waals surface area contributed by atoms with Crippen molar-refractivity contribution >= 4 is 10.0 Å². The van der Waals surface area contributed by atoms with E-state index in [4.69, 9.17) is 4.74 Å². The molecule has 2 N–H and O–H groups in total. The fourth-order valence-electron chi connectivity index (χ4n) is 1.19. The van der Waals surface area contributed by atoms with Crippen molar-refractivity contribution in [2.24, 2.45) is 0 Å². The number of ether oxygens (including phenoxy) is 1. The van der Waals surface area contributed by atoms with Crippen molar-refractivity contribution in [1.29, 1.82) is 0 Å². The van der Waals surface area contributed by atoms with Crippen LogP contribution >= 0.6 is 0 Å². The van der Waals surface area contributed by atoms with Crippen LogP contribution in [-0.4, -0.2) is 47.0 Å². The predicted molar refractivity (Wildman–Crippen MR) is 50.1 cm³/mol. The van der Waals surface area contributed by atoms with Crippen LogP contribution in [0.5, 0.6) is 0 Å². The lowest BCUT2D eigenvalue weighted by atomic mass is 10.3. The molecule has 1 heterocycles. The van der Waals surface area contributed by atoms with Gasteiger partial charge < -0.3 is 10.1 Å². The van der Waals surface area contributed by atoms with Gasteiger partial charge in [-0.05, 0) is 13.5 Å². The zero-order chi connectivity index (χ0) is 9.73. The molecule has 0 bridgehead atoms. The molecule has 5 nitrogen and oxygen atoms in total. The quantitative estimate of drug-likeness (QED) is 0.603. The lowest BCUT2D eigenvalue weighted by molar-refractivity contribution is 0.190. The van der Waals surface area contributed by atoms with Gasteiger partial charge in [-0.2, -0.15) is 0 Å². The Morgan fingerprint density at radius 1 is 1.54 bits per heavy atom. The highest BCUT2D eigenvalue weighted by Gasteiger charge is 2.15. The SMILES string of the molecule is CNS(=O)(=O)CCNC1CCOC1. The Morgan fingerprint density at radius 3 is 2.85 bits per heavy atom. The largest absolute Gasteiger partial charge is 0.380 e. The monoisotopic (exact) mass is 208 g/mol. The number of hydrogen-bond donors (Lipinski definition) is 2. The van der Waals surface area contributed by atoms with Crippen LogP contribution in [0.15, 0.2) is 0 Å². The van der Waals surface area contributed by atoms with Crippen LogP contribution in [0.2, 0.25) is 0 Å². The first kappa shape index (κ1) is 10.9. The third-order valence-electron chi connectivity index (χ3n) is 2.04. The summed E-state index contributed by atoms with van der Waals surface area (Å²) < 4.78 is 29.4. The Morgan fingerprint density at radius 2 is 2.31 bits per heavy atom. The lowest BCUT2D eigenvalue weighted by Crippen LogP contribution is -2.35. The first-order chi connectivity index (χ1) is 6.14. The van der Waals surface area contributed by atoms with E-state index in [1.165, 1.54) is 7.05 Å². The van der Waals surface area contributed by atoms with Gasteiger partial charge in [0.2, 0.25) is 10.0 Å². The summed E-state index contributed by atoms with van der Waals surface area (Å²) in [5.74, 6) is 0.125. The summed E-state index contributed by atoms with van der Waals surface area (Å²) in [6.45, 7) is 1.95. The molecule has 0 aromatic heterocycles. The number of sulfonamides is 1. The molecule has 0 aromatic carbocycles. The first-order valence-electron chi connectivity index (χ1n) is 4.36. The Labute approximate surface area is 78.9 Å². The molecule has 1 saturated heterocycles. The van der Waals surface area contributed by atoms with Gasteiger partial charge in [-0.1, -0.05) is 0 Å². The van der Waals surface area contributed by atoms with Crippen LogP contribution in [0.25, 0.3) is 0 Å². The summed E-state index contributed by atoms with van der Waals surface area (Å²) in [5, 5.41) is 3.13. The second kappa shape index (κ2) is 4.90. The number of hydrogen-bond acceptors (Lipinski definition) is 4. The molecular weight excluding hydrogens is 192 g/mol. The number of nitrogens with one attached hydrogen (secondary N) is 2. The van der Waals surface area contributed by atoms with Crippen molar-refractivity contribution in [2.75, 3.05) is 32.6 Å². The third-order valence-corrected chi connectivity index (χ3v) is 3.41. The summed E-state index contributed by atoms with van der Waals surface area (Å²) in [6.07, 6.45) is 0.972. The van der Waals surface area contributed by atoms with Gasteiger partial charge in [-0.15, -0.1) is 0 Å². The molecule has 6 heteroatoms.